The lowest BCUT2D eigenvalue weighted by Gasteiger charge is -2.20. The van der Waals surface area contributed by atoms with Crippen LogP contribution in [0.25, 0.3) is 0 Å². The third-order valence-corrected chi connectivity index (χ3v) is 5.66. The highest BCUT2D eigenvalue weighted by atomic mass is 16.6. The number of Topliss-reactive ketones (excluding diaryl/α,β-unsaturated/α-hetero) is 1. The zero-order valence-electron chi connectivity index (χ0n) is 25.5. The zero-order chi connectivity index (χ0) is 34.6. The highest BCUT2D eigenvalue weighted by Crippen LogP contribution is 2.15. The summed E-state index contributed by atoms with van der Waals surface area (Å²) in [6.45, 7) is 5.00. The number of nitrogens with one attached hydrogen (secondary N) is 3. The van der Waals surface area contributed by atoms with E-state index in [-0.39, 0.29) is 32.8 Å². The second kappa shape index (κ2) is 21.4. The fraction of sp³-hybridized carbons (Fsp3) is 0.704. The third-order valence-electron chi connectivity index (χ3n) is 5.66. The second-order valence-corrected chi connectivity index (χ2v) is 10.8. The molecule has 0 heterocycles. The largest absolute Gasteiger partial charge is 0.481 e. The molecule has 0 aromatic carbocycles. The molecule has 0 aliphatic rings. The summed E-state index contributed by atoms with van der Waals surface area (Å²) >= 11 is 0. The first-order valence-corrected chi connectivity index (χ1v) is 14.0. The number of ketones is 1. The first-order valence-electron chi connectivity index (χ1n) is 14.0. The number of hydrogen-bond donors (Lipinski definition) is 7. The van der Waals surface area contributed by atoms with E-state index in [9.17, 15) is 48.6 Å². The SMILES string of the molecule is CC(C)(C)OC(=O)NCCOCCOCC(=O)CC(CCC(=O)NC(CCC(=O)O)C(=O)O)C(=O)NC(CCC(=O)O)C(=O)O. The third kappa shape index (κ3) is 21.9. The first-order chi connectivity index (χ1) is 20.9. The number of carbonyl (C=O) groups is 8. The van der Waals surface area contributed by atoms with Gasteiger partial charge in [-0.2, -0.15) is 0 Å². The van der Waals surface area contributed by atoms with Gasteiger partial charge < -0.3 is 50.6 Å². The van der Waals surface area contributed by atoms with Crippen LogP contribution in [0.15, 0.2) is 0 Å². The van der Waals surface area contributed by atoms with E-state index in [4.69, 9.17) is 24.4 Å². The van der Waals surface area contributed by atoms with Gasteiger partial charge in [0.15, 0.2) is 5.78 Å². The Kier molecular flexibility index (Phi) is 19.3. The van der Waals surface area contributed by atoms with E-state index in [1.165, 1.54) is 0 Å². The van der Waals surface area contributed by atoms with Gasteiger partial charge in [-0.1, -0.05) is 0 Å². The minimum atomic E-state index is -1.59. The van der Waals surface area contributed by atoms with Crippen LogP contribution in [0.3, 0.4) is 0 Å². The van der Waals surface area contributed by atoms with Gasteiger partial charge >= 0.3 is 30.0 Å². The van der Waals surface area contributed by atoms with Crippen molar-refractivity contribution in [2.24, 2.45) is 5.92 Å². The summed E-state index contributed by atoms with van der Waals surface area (Å²) in [5, 5.41) is 43.0. The van der Waals surface area contributed by atoms with Crippen molar-refractivity contribution in [3.05, 3.63) is 0 Å². The maximum atomic E-state index is 12.9. The van der Waals surface area contributed by atoms with Gasteiger partial charge in [0.05, 0.1) is 19.8 Å². The maximum Gasteiger partial charge on any atom is 0.407 e. The van der Waals surface area contributed by atoms with Crippen molar-refractivity contribution >= 4 is 47.6 Å². The van der Waals surface area contributed by atoms with E-state index in [2.05, 4.69) is 16.0 Å². The Hall–Kier alpha value is -4.32. The molecule has 0 aromatic rings. The topological polar surface area (TPSA) is 281 Å². The van der Waals surface area contributed by atoms with Crippen molar-refractivity contribution in [2.45, 2.75) is 83.4 Å². The van der Waals surface area contributed by atoms with Crippen molar-refractivity contribution in [1.29, 1.82) is 0 Å². The normalized spacial score (nSPS) is 13.0. The summed E-state index contributed by atoms with van der Waals surface area (Å²) < 4.78 is 15.6. The quantitative estimate of drug-likeness (QED) is 0.0665. The number of carboxylic acids is 4. The lowest BCUT2D eigenvalue weighted by atomic mass is 9.95. The molecule has 0 radical (unpaired) electrons. The average molecular weight is 650 g/mol. The number of ether oxygens (including phenoxy) is 3. The van der Waals surface area contributed by atoms with Crippen LogP contribution in [0.1, 0.15) is 65.7 Å². The first kappa shape index (κ1) is 40.7. The summed E-state index contributed by atoms with van der Waals surface area (Å²) in [6.07, 6.45) is -3.84. The number of hydrogen-bond acceptors (Lipinski definition) is 11. The van der Waals surface area contributed by atoms with E-state index in [0.29, 0.717) is 0 Å². The Morgan fingerprint density at radius 2 is 1.22 bits per heavy atom. The fourth-order valence-electron chi connectivity index (χ4n) is 3.52. The number of aliphatic carboxylic acids is 4. The van der Waals surface area contributed by atoms with Gasteiger partial charge in [0.2, 0.25) is 11.8 Å². The molecule has 0 rings (SSSR count). The highest BCUT2D eigenvalue weighted by molar-refractivity contribution is 5.90. The molecule has 0 aliphatic heterocycles. The minimum absolute atomic E-state index is 0.0271. The molecule has 0 aliphatic carbocycles. The van der Waals surface area contributed by atoms with Gasteiger partial charge in [-0.05, 0) is 40.0 Å². The standard InChI is InChI=1S/C27H43N3O15/c1-27(2,3)45-26(42)28-10-11-43-12-13-44-15-17(31)14-16(23(37)30-19(25(40)41)6-9-22(35)36)4-7-20(32)29-18(24(38)39)5-8-21(33)34/h16,18-19H,4-15H2,1-3H3,(H,28,42)(H,29,32)(H,30,37)(H,33,34)(H,35,36)(H,38,39)(H,40,41). The molecule has 3 amide bonds. The Labute approximate surface area is 259 Å². The molecule has 18 nitrogen and oxygen atoms in total. The monoisotopic (exact) mass is 649 g/mol. The Balaban J connectivity index is 5.03. The molecule has 0 spiro atoms. The van der Waals surface area contributed by atoms with Crippen molar-refractivity contribution in [2.75, 3.05) is 33.0 Å². The summed E-state index contributed by atoms with van der Waals surface area (Å²) in [5.41, 5.74) is -0.650. The summed E-state index contributed by atoms with van der Waals surface area (Å²) in [7, 11) is 0. The maximum absolute atomic E-state index is 12.9. The molecule has 0 saturated carbocycles. The van der Waals surface area contributed by atoms with E-state index in [1.54, 1.807) is 20.8 Å². The van der Waals surface area contributed by atoms with Crippen molar-refractivity contribution in [3.8, 4) is 0 Å². The van der Waals surface area contributed by atoms with E-state index in [1.807, 2.05) is 0 Å². The molecule has 18 heteroatoms. The molecule has 0 fully saturated rings. The number of rotatable bonds is 24. The lowest BCUT2D eigenvalue weighted by Crippen LogP contribution is -2.45. The van der Waals surface area contributed by atoms with Gasteiger partial charge in [0.1, 0.15) is 24.3 Å². The molecule has 256 valence electrons. The summed E-state index contributed by atoms with van der Waals surface area (Å²) in [6, 6.07) is -3.11. The Morgan fingerprint density at radius 3 is 1.73 bits per heavy atom. The lowest BCUT2D eigenvalue weighted by molar-refractivity contribution is -0.144. The number of carbonyl (C=O) groups excluding carboxylic acids is 4. The molecule has 3 atom stereocenters. The van der Waals surface area contributed by atoms with Crippen LogP contribution in [0, 0.1) is 5.92 Å². The predicted molar refractivity (Wildman–Crippen MR) is 151 cm³/mol. The van der Waals surface area contributed by atoms with Crippen LogP contribution in [0.5, 0.6) is 0 Å². The number of carboxylic acid groups (broad SMARTS) is 4. The number of alkyl carbamates (subject to hydrolysis) is 1. The van der Waals surface area contributed by atoms with Crippen molar-refractivity contribution in [1.82, 2.24) is 16.0 Å². The van der Waals surface area contributed by atoms with E-state index >= 15 is 0 Å². The van der Waals surface area contributed by atoms with Crippen molar-refractivity contribution in [3.63, 3.8) is 0 Å². The van der Waals surface area contributed by atoms with E-state index < -0.39 is 116 Å². The van der Waals surface area contributed by atoms with E-state index in [0.717, 1.165) is 0 Å². The second-order valence-electron chi connectivity index (χ2n) is 10.8. The molecule has 7 N–H and O–H groups in total. The molecule has 45 heavy (non-hydrogen) atoms. The van der Waals surface area contributed by atoms with Crippen LogP contribution in [-0.2, 0) is 47.8 Å². The van der Waals surface area contributed by atoms with Gasteiger partial charge in [0, 0.05) is 38.1 Å². The smallest absolute Gasteiger partial charge is 0.407 e. The van der Waals surface area contributed by atoms with Gasteiger partial charge in [-0.3, -0.25) is 24.0 Å². The van der Waals surface area contributed by atoms with Crippen LogP contribution in [-0.4, -0.2) is 119 Å². The van der Waals surface area contributed by atoms with Crippen molar-refractivity contribution < 1.29 is 73.0 Å². The molecule has 3 unspecified atom stereocenters. The average Bonchev–Trinajstić information content (AvgIpc) is 2.90. The minimum Gasteiger partial charge on any atom is -0.481 e. The predicted octanol–water partition coefficient (Wildman–Crippen LogP) is -0.232. The fourth-order valence-corrected chi connectivity index (χ4v) is 3.52. The van der Waals surface area contributed by atoms with Crippen LogP contribution in [0.4, 0.5) is 4.79 Å². The van der Waals surface area contributed by atoms with Gasteiger partial charge in [-0.25, -0.2) is 14.4 Å². The molecular weight excluding hydrogens is 606 g/mol. The Morgan fingerprint density at radius 1 is 0.689 bits per heavy atom. The summed E-state index contributed by atoms with van der Waals surface area (Å²) in [5.74, 6) is -9.22. The van der Waals surface area contributed by atoms with Gasteiger partial charge in [0.25, 0.3) is 0 Å². The zero-order valence-corrected chi connectivity index (χ0v) is 25.5. The molecule has 0 bridgehead atoms. The Bertz CT molecular complexity index is 1040. The summed E-state index contributed by atoms with van der Waals surface area (Å²) in [4.78, 5) is 93.8. The highest BCUT2D eigenvalue weighted by Gasteiger charge is 2.29. The van der Waals surface area contributed by atoms with Crippen LogP contribution in [0.2, 0.25) is 0 Å². The van der Waals surface area contributed by atoms with Gasteiger partial charge in [-0.15, -0.1) is 0 Å². The molecule has 0 aromatic heterocycles. The van der Waals surface area contributed by atoms with Crippen LogP contribution >= 0.6 is 0 Å². The molecular formula is C27H43N3O15. The number of amides is 3. The molecule has 0 saturated heterocycles. The van der Waals surface area contributed by atoms with Crippen LogP contribution < -0.4 is 16.0 Å².